The maximum atomic E-state index is 12.1. The second-order valence-corrected chi connectivity index (χ2v) is 7.05. The van der Waals surface area contributed by atoms with Gasteiger partial charge in [-0.3, -0.25) is 9.59 Å². The molecule has 0 aromatic heterocycles. The van der Waals surface area contributed by atoms with E-state index in [1.54, 1.807) is 12.1 Å². The first-order valence-electron chi connectivity index (χ1n) is 10.0. The van der Waals surface area contributed by atoms with Crippen LogP contribution < -0.4 is 15.4 Å². The zero-order valence-electron chi connectivity index (χ0n) is 17.0. The van der Waals surface area contributed by atoms with Crippen LogP contribution in [0.5, 0.6) is 5.75 Å². The molecule has 0 saturated heterocycles. The van der Waals surface area contributed by atoms with E-state index in [9.17, 15) is 9.59 Å². The Kier molecular flexibility index (Phi) is 7.61. The summed E-state index contributed by atoms with van der Waals surface area (Å²) in [6.45, 7) is 2.41. The molecule has 0 bridgehead atoms. The smallest absolute Gasteiger partial charge is 0.224 e. The number of nitrogens with one attached hydrogen (secondary N) is 2. The molecule has 0 fully saturated rings. The third kappa shape index (κ3) is 6.78. The van der Waals surface area contributed by atoms with Crippen LogP contribution in [-0.2, 0) is 16.2 Å². The van der Waals surface area contributed by atoms with Gasteiger partial charge in [0.05, 0.1) is 6.04 Å². The normalized spacial score (nSPS) is 11.4. The van der Waals surface area contributed by atoms with Crippen LogP contribution in [0.4, 0.5) is 5.69 Å². The molecule has 2 amide bonds. The van der Waals surface area contributed by atoms with Crippen LogP contribution in [-0.4, -0.2) is 11.8 Å². The number of hydrogen-bond donors (Lipinski definition) is 2. The van der Waals surface area contributed by atoms with Gasteiger partial charge in [-0.25, -0.2) is 0 Å². The lowest BCUT2D eigenvalue weighted by Gasteiger charge is -2.14. The number of benzene rings is 3. The molecule has 1 unspecified atom stereocenters. The Morgan fingerprint density at radius 3 is 2.07 bits per heavy atom. The van der Waals surface area contributed by atoms with Gasteiger partial charge in [-0.1, -0.05) is 60.7 Å². The van der Waals surface area contributed by atoms with E-state index in [2.05, 4.69) is 10.6 Å². The molecule has 3 aromatic carbocycles. The first-order valence-corrected chi connectivity index (χ1v) is 10.0. The summed E-state index contributed by atoms with van der Waals surface area (Å²) < 4.78 is 5.74. The molecule has 2 N–H and O–H groups in total. The number of carbonyl (C=O) groups is 2. The quantitative estimate of drug-likeness (QED) is 0.537. The van der Waals surface area contributed by atoms with Crippen LogP contribution in [0.25, 0.3) is 0 Å². The van der Waals surface area contributed by atoms with Gasteiger partial charge in [0.25, 0.3) is 0 Å². The first kappa shape index (κ1) is 21.1. The Labute approximate surface area is 177 Å². The van der Waals surface area contributed by atoms with Gasteiger partial charge in [0.2, 0.25) is 11.8 Å². The topological polar surface area (TPSA) is 67.4 Å². The number of hydrogen-bond acceptors (Lipinski definition) is 3. The maximum Gasteiger partial charge on any atom is 0.224 e. The third-order valence-corrected chi connectivity index (χ3v) is 4.64. The molecular formula is C25H26N2O3. The Morgan fingerprint density at radius 2 is 1.40 bits per heavy atom. The molecular weight excluding hydrogens is 376 g/mol. The Hall–Kier alpha value is -3.60. The zero-order chi connectivity index (χ0) is 21.2. The van der Waals surface area contributed by atoms with Gasteiger partial charge >= 0.3 is 0 Å². The summed E-state index contributed by atoms with van der Waals surface area (Å²) >= 11 is 0. The average Bonchev–Trinajstić information content (AvgIpc) is 2.78. The summed E-state index contributed by atoms with van der Waals surface area (Å²) in [6.07, 6.45) is 0.265. The number of amides is 2. The minimum Gasteiger partial charge on any atom is -0.489 e. The van der Waals surface area contributed by atoms with Crippen molar-refractivity contribution < 1.29 is 14.3 Å². The first-order chi connectivity index (χ1) is 14.6. The van der Waals surface area contributed by atoms with Crippen molar-refractivity contribution in [2.45, 2.75) is 32.4 Å². The number of anilines is 1. The van der Waals surface area contributed by atoms with Crippen molar-refractivity contribution >= 4 is 17.5 Å². The molecule has 0 spiro atoms. The van der Waals surface area contributed by atoms with Crippen LogP contribution in [0.1, 0.15) is 36.9 Å². The molecule has 1 atom stereocenters. The predicted octanol–water partition coefficient (Wildman–Crippen LogP) is 4.86. The van der Waals surface area contributed by atoms with Crippen molar-refractivity contribution in [1.82, 2.24) is 5.32 Å². The van der Waals surface area contributed by atoms with Gasteiger partial charge in [-0.15, -0.1) is 0 Å². The van der Waals surface area contributed by atoms with E-state index in [1.165, 1.54) is 0 Å². The van der Waals surface area contributed by atoms with Crippen LogP contribution in [0.15, 0.2) is 84.9 Å². The van der Waals surface area contributed by atoms with Gasteiger partial charge in [-0.2, -0.15) is 0 Å². The summed E-state index contributed by atoms with van der Waals surface area (Å²) in [5, 5.41) is 5.72. The van der Waals surface area contributed by atoms with Crippen LogP contribution in [0.3, 0.4) is 0 Å². The predicted molar refractivity (Wildman–Crippen MR) is 118 cm³/mol. The van der Waals surface area contributed by atoms with Gasteiger partial charge in [0.1, 0.15) is 12.4 Å². The summed E-state index contributed by atoms with van der Waals surface area (Å²) in [5.74, 6) is 0.382. The Morgan fingerprint density at radius 1 is 0.800 bits per heavy atom. The highest BCUT2D eigenvalue weighted by atomic mass is 16.5. The Balaban J connectivity index is 1.39. The second kappa shape index (κ2) is 10.8. The molecule has 5 nitrogen and oxygen atoms in total. The molecule has 0 aliphatic heterocycles. The summed E-state index contributed by atoms with van der Waals surface area (Å²) in [7, 11) is 0. The van der Waals surface area contributed by atoms with E-state index in [4.69, 9.17) is 4.74 Å². The molecule has 154 valence electrons. The highest BCUT2D eigenvalue weighted by Crippen LogP contribution is 2.17. The highest BCUT2D eigenvalue weighted by Gasteiger charge is 2.11. The fraction of sp³-hybridized carbons (Fsp3) is 0.200. The maximum absolute atomic E-state index is 12.1. The number of ether oxygens (including phenoxy) is 1. The molecule has 0 heterocycles. The van der Waals surface area contributed by atoms with Gasteiger partial charge < -0.3 is 15.4 Å². The lowest BCUT2D eigenvalue weighted by Crippen LogP contribution is -2.27. The number of rotatable bonds is 9. The SMILES string of the molecule is CC(NC(=O)CCC(=O)Nc1ccc(OCc2ccccc2)cc1)c1ccccc1. The van der Waals surface area contributed by atoms with Crippen molar-refractivity contribution in [1.29, 1.82) is 0 Å². The molecule has 0 saturated carbocycles. The average molecular weight is 402 g/mol. The zero-order valence-corrected chi connectivity index (χ0v) is 17.0. The minimum atomic E-state index is -0.199. The van der Waals surface area contributed by atoms with E-state index in [0.717, 1.165) is 16.9 Å². The molecule has 3 aromatic rings. The highest BCUT2D eigenvalue weighted by molar-refractivity contribution is 5.93. The van der Waals surface area contributed by atoms with Crippen molar-refractivity contribution in [3.8, 4) is 5.75 Å². The van der Waals surface area contributed by atoms with Crippen molar-refractivity contribution in [2.24, 2.45) is 0 Å². The van der Waals surface area contributed by atoms with Crippen molar-refractivity contribution in [2.75, 3.05) is 5.32 Å². The molecule has 0 aliphatic carbocycles. The standard InChI is InChI=1S/C25H26N2O3/c1-19(21-10-6-3-7-11-21)26-24(28)16-17-25(29)27-22-12-14-23(15-13-22)30-18-20-8-4-2-5-9-20/h2-15,19H,16-18H2,1H3,(H,26,28)(H,27,29). The van der Waals surface area contributed by atoms with Gasteiger partial charge in [-0.05, 0) is 42.3 Å². The van der Waals surface area contributed by atoms with Crippen molar-refractivity contribution in [3.05, 3.63) is 96.1 Å². The molecule has 3 rings (SSSR count). The van der Waals surface area contributed by atoms with Crippen LogP contribution in [0, 0.1) is 0 Å². The monoisotopic (exact) mass is 402 g/mol. The fourth-order valence-electron chi connectivity index (χ4n) is 2.96. The summed E-state index contributed by atoms with van der Waals surface area (Å²) in [5.41, 5.74) is 2.80. The van der Waals surface area contributed by atoms with E-state index in [1.807, 2.05) is 79.7 Å². The van der Waals surface area contributed by atoms with Gasteiger partial charge in [0.15, 0.2) is 0 Å². The van der Waals surface area contributed by atoms with E-state index < -0.39 is 0 Å². The summed E-state index contributed by atoms with van der Waals surface area (Å²) in [6, 6.07) is 26.8. The molecule has 0 radical (unpaired) electrons. The summed E-state index contributed by atoms with van der Waals surface area (Å²) in [4.78, 5) is 24.3. The minimum absolute atomic E-state index is 0.0924. The van der Waals surface area contributed by atoms with E-state index in [-0.39, 0.29) is 30.7 Å². The molecule has 5 heteroatoms. The van der Waals surface area contributed by atoms with Crippen molar-refractivity contribution in [3.63, 3.8) is 0 Å². The number of carbonyl (C=O) groups excluding carboxylic acids is 2. The van der Waals surface area contributed by atoms with Crippen LogP contribution in [0.2, 0.25) is 0 Å². The molecule has 30 heavy (non-hydrogen) atoms. The second-order valence-electron chi connectivity index (χ2n) is 7.05. The fourth-order valence-corrected chi connectivity index (χ4v) is 2.96. The van der Waals surface area contributed by atoms with Gasteiger partial charge in [0, 0.05) is 18.5 Å². The third-order valence-electron chi connectivity index (χ3n) is 4.64. The van der Waals surface area contributed by atoms with Crippen LogP contribution >= 0.6 is 0 Å². The molecule has 0 aliphatic rings. The lowest BCUT2D eigenvalue weighted by molar-refractivity contribution is -0.124. The van der Waals surface area contributed by atoms with E-state index >= 15 is 0 Å². The lowest BCUT2D eigenvalue weighted by atomic mass is 10.1. The largest absolute Gasteiger partial charge is 0.489 e. The Bertz CT molecular complexity index is 941. The van der Waals surface area contributed by atoms with E-state index in [0.29, 0.717) is 12.3 Å².